The Hall–Kier alpha value is -1.63. The average Bonchev–Trinajstić information content (AvgIpc) is 3.34. The summed E-state index contributed by atoms with van der Waals surface area (Å²) < 4.78 is 1.23. The lowest BCUT2D eigenvalue weighted by atomic mass is 9.83. The molecule has 3 atom stereocenters. The van der Waals surface area contributed by atoms with Gasteiger partial charge >= 0.3 is 0 Å². The van der Waals surface area contributed by atoms with Crippen molar-refractivity contribution in [2.24, 2.45) is 5.92 Å². The summed E-state index contributed by atoms with van der Waals surface area (Å²) in [5.41, 5.74) is 6.66. The summed E-state index contributed by atoms with van der Waals surface area (Å²) in [5.74, 6) is 0.752. The first-order chi connectivity index (χ1) is 13.7. The third kappa shape index (κ3) is 3.31. The maximum atomic E-state index is 4.72. The second kappa shape index (κ2) is 7.65. The Morgan fingerprint density at radius 3 is 3.07 bits per heavy atom. The molecule has 2 aromatic heterocycles. The largest absolute Gasteiger partial charge is 0.355 e. The number of likely N-dealkylation sites (tertiary alicyclic amines) is 1. The SMILES string of the molecule is CC[C@@H]1[C@H](C2Cc3c(Nc4ccc5scnc5c4)ccnc3S2)CCCN1C. The molecule has 6 heteroatoms. The second-order valence-electron chi connectivity index (χ2n) is 7.92. The van der Waals surface area contributed by atoms with E-state index in [9.17, 15) is 0 Å². The molecule has 3 aromatic rings. The number of hydrogen-bond donors (Lipinski definition) is 1. The highest BCUT2D eigenvalue weighted by atomic mass is 32.2. The van der Waals surface area contributed by atoms with Crippen molar-refractivity contribution >= 4 is 44.7 Å². The molecular formula is C22H26N4S2. The van der Waals surface area contributed by atoms with E-state index in [1.54, 1.807) is 11.3 Å². The van der Waals surface area contributed by atoms with Crippen molar-refractivity contribution < 1.29 is 0 Å². The minimum atomic E-state index is 0.638. The van der Waals surface area contributed by atoms with Gasteiger partial charge in [0.1, 0.15) is 5.03 Å². The standard InChI is InChI=1S/C22H26N4S2/c1-3-19-15(5-4-10-26(19)2)21-12-16-17(8-9-23-22(16)28-21)25-14-6-7-20-18(11-14)24-13-27-20/h6-9,11,13,15,19,21H,3-5,10,12H2,1-2H3,(H,23,25)/t15-,19-,21?/m1/s1. The van der Waals surface area contributed by atoms with E-state index >= 15 is 0 Å². The zero-order valence-corrected chi connectivity index (χ0v) is 18.0. The van der Waals surface area contributed by atoms with Crippen LogP contribution in [0.4, 0.5) is 11.4 Å². The van der Waals surface area contributed by atoms with Gasteiger partial charge in [0.2, 0.25) is 0 Å². The van der Waals surface area contributed by atoms with Gasteiger partial charge in [-0.2, -0.15) is 0 Å². The molecule has 0 aliphatic carbocycles. The molecule has 1 aromatic carbocycles. The first kappa shape index (κ1) is 18.4. The van der Waals surface area contributed by atoms with Gasteiger partial charge < -0.3 is 10.2 Å². The van der Waals surface area contributed by atoms with Gasteiger partial charge in [-0.1, -0.05) is 6.92 Å². The van der Waals surface area contributed by atoms with Gasteiger partial charge in [0.25, 0.3) is 0 Å². The third-order valence-electron chi connectivity index (χ3n) is 6.30. The van der Waals surface area contributed by atoms with E-state index in [4.69, 9.17) is 4.98 Å². The van der Waals surface area contributed by atoms with Crippen LogP contribution in [0.1, 0.15) is 31.7 Å². The topological polar surface area (TPSA) is 41.1 Å². The number of thioether (sulfide) groups is 1. The minimum Gasteiger partial charge on any atom is -0.355 e. The lowest BCUT2D eigenvalue weighted by Crippen LogP contribution is -2.46. The van der Waals surface area contributed by atoms with E-state index in [1.807, 2.05) is 23.5 Å². The highest BCUT2D eigenvalue weighted by molar-refractivity contribution is 8.00. The Bertz CT molecular complexity index is 986. The quantitative estimate of drug-likeness (QED) is 0.609. The van der Waals surface area contributed by atoms with Gasteiger partial charge in [-0.05, 0) is 69.5 Å². The molecule has 1 saturated heterocycles. The van der Waals surface area contributed by atoms with Crippen molar-refractivity contribution in [1.82, 2.24) is 14.9 Å². The third-order valence-corrected chi connectivity index (χ3v) is 8.50. The highest BCUT2D eigenvalue weighted by Crippen LogP contribution is 2.46. The van der Waals surface area contributed by atoms with Gasteiger partial charge in [-0.15, -0.1) is 23.1 Å². The molecule has 1 N–H and O–H groups in total. The summed E-state index contributed by atoms with van der Waals surface area (Å²) >= 11 is 3.69. The number of benzene rings is 1. The maximum absolute atomic E-state index is 4.72. The predicted octanol–water partition coefficient (Wildman–Crippen LogP) is 5.57. The van der Waals surface area contributed by atoms with E-state index < -0.39 is 0 Å². The predicted molar refractivity (Wildman–Crippen MR) is 120 cm³/mol. The maximum Gasteiger partial charge on any atom is 0.102 e. The molecule has 146 valence electrons. The Labute approximate surface area is 174 Å². The Morgan fingerprint density at radius 2 is 2.18 bits per heavy atom. The van der Waals surface area contributed by atoms with Crippen LogP contribution in [-0.2, 0) is 6.42 Å². The molecule has 0 bridgehead atoms. The number of aromatic nitrogens is 2. The lowest BCUT2D eigenvalue weighted by molar-refractivity contribution is 0.115. The van der Waals surface area contributed by atoms with Crippen LogP contribution >= 0.6 is 23.1 Å². The smallest absolute Gasteiger partial charge is 0.102 e. The highest BCUT2D eigenvalue weighted by Gasteiger charge is 2.38. The summed E-state index contributed by atoms with van der Waals surface area (Å²) in [6.45, 7) is 3.58. The van der Waals surface area contributed by atoms with Crippen LogP contribution in [0.3, 0.4) is 0 Å². The molecule has 4 heterocycles. The van der Waals surface area contributed by atoms with E-state index in [0.717, 1.165) is 23.5 Å². The van der Waals surface area contributed by atoms with Crippen molar-refractivity contribution in [3.63, 3.8) is 0 Å². The van der Waals surface area contributed by atoms with Crippen molar-refractivity contribution in [1.29, 1.82) is 0 Å². The van der Waals surface area contributed by atoms with Crippen LogP contribution < -0.4 is 5.32 Å². The number of anilines is 2. The van der Waals surface area contributed by atoms with Crippen molar-refractivity contribution in [3.05, 3.63) is 41.5 Å². The Kier molecular flexibility index (Phi) is 5.03. The number of piperidine rings is 1. The van der Waals surface area contributed by atoms with Gasteiger partial charge in [0.15, 0.2) is 0 Å². The molecule has 0 spiro atoms. The Balaban J connectivity index is 1.39. The average molecular weight is 411 g/mol. The van der Waals surface area contributed by atoms with Gasteiger partial charge in [-0.3, -0.25) is 0 Å². The summed E-state index contributed by atoms with van der Waals surface area (Å²) in [6.07, 6.45) is 6.96. The lowest BCUT2D eigenvalue weighted by Gasteiger charge is -2.41. The van der Waals surface area contributed by atoms with E-state index in [2.05, 4.69) is 53.4 Å². The molecular weight excluding hydrogens is 384 g/mol. The molecule has 1 unspecified atom stereocenters. The summed E-state index contributed by atoms with van der Waals surface area (Å²) in [5, 5.41) is 5.50. The van der Waals surface area contributed by atoms with E-state index in [0.29, 0.717) is 11.3 Å². The van der Waals surface area contributed by atoms with Crippen molar-refractivity contribution in [3.8, 4) is 0 Å². The van der Waals surface area contributed by atoms with Gasteiger partial charge in [0.05, 0.1) is 15.7 Å². The zero-order valence-electron chi connectivity index (χ0n) is 16.4. The Morgan fingerprint density at radius 1 is 1.25 bits per heavy atom. The van der Waals surface area contributed by atoms with Crippen molar-refractivity contribution in [2.75, 3.05) is 18.9 Å². The molecule has 0 saturated carbocycles. The summed E-state index contributed by atoms with van der Waals surface area (Å²) in [4.78, 5) is 11.7. The zero-order chi connectivity index (χ0) is 19.1. The number of hydrogen-bond acceptors (Lipinski definition) is 6. The second-order valence-corrected chi connectivity index (χ2v) is 10.0. The monoisotopic (exact) mass is 410 g/mol. The molecule has 28 heavy (non-hydrogen) atoms. The molecule has 5 rings (SSSR count). The summed E-state index contributed by atoms with van der Waals surface area (Å²) in [6, 6.07) is 9.26. The molecule has 2 aliphatic heterocycles. The molecule has 1 fully saturated rings. The van der Waals surface area contributed by atoms with Crippen LogP contribution in [0.5, 0.6) is 0 Å². The number of nitrogens with zero attached hydrogens (tertiary/aromatic N) is 3. The molecule has 4 nitrogen and oxygen atoms in total. The fourth-order valence-electron chi connectivity index (χ4n) is 4.91. The van der Waals surface area contributed by atoms with Crippen LogP contribution in [0.2, 0.25) is 0 Å². The van der Waals surface area contributed by atoms with Gasteiger partial charge in [0, 0.05) is 34.4 Å². The number of pyridine rings is 1. The van der Waals surface area contributed by atoms with Crippen LogP contribution in [0, 0.1) is 5.92 Å². The number of nitrogens with one attached hydrogen (secondary N) is 1. The first-order valence-electron chi connectivity index (χ1n) is 10.2. The number of fused-ring (bicyclic) bond motifs is 2. The molecule has 0 amide bonds. The van der Waals surface area contributed by atoms with Crippen molar-refractivity contribution in [2.45, 2.75) is 48.9 Å². The normalized spacial score (nSPS) is 25.1. The van der Waals surface area contributed by atoms with Gasteiger partial charge in [-0.25, -0.2) is 9.97 Å². The number of rotatable bonds is 4. The molecule has 0 radical (unpaired) electrons. The fourth-order valence-corrected chi connectivity index (χ4v) is 7.06. The first-order valence-corrected chi connectivity index (χ1v) is 11.9. The fraction of sp³-hybridized carbons (Fsp3) is 0.455. The number of thiazole rings is 1. The molecule has 2 aliphatic rings. The minimum absolute atomic E-state index is 0.638. The van der Waals surface area contributed by atoms with Crippen LogP contribution in [0.15, 0.2) is 41.0 Å². The van der Waals surface area contributed by atoms with E-state index in [1.165, 1.54) is 46.8 Å². The van der Waals surface area contributed by atoms with E-state index in [-0.39, 0.29) is 0 Å². The van der Waals surface area contributed by atoms with Crippen LogP contribution in [0.25, 0.3) is 10.2 Å². The van der Waals surface area contributed by atoms with Crippen LogP contribution in [-0.4, -0.2) is 39.8 Å². The summed E-state index contributed by atoms with van der Waals surface area (Å²) in [7, 11) is 2.30.